The van der Waals surface area contributed by atoms with Gasteiger partial charge in [0, 0.05) is 19.1 Å². The summed E-state index contributed by atoms with van der Waals surface area (Å²) in [6.07, 6.45) is -0.587. The van der Waals surface area contributed by atoms with E-state index in [1.807, 2.05) is 0 Å². The van der Waals surface area contributed by atoms with Gasteiger partial charge in [-0.05, 0) is 6.07 Å². The van der Waals surface area contributed by atoms with Crippen LogP contribution in [0.4, 0.5) is 4.79 Å². The summed E-state index contributed by atoms with van der Waals surface area (Å²) >= 11 is 6.10. The lowest BCUT2D eigenvalue weighted by Gasteiger charge is -2.32. The van der Waals surface area contributed by atoms with Gasteiger partial charge in [-0.1, -0.05) is 36.7 Å². The Morgan fingerprint density at radius 2 is 2.11 bits per heavy atom. The third kappa shape index (κ3) is 3.35. The Kier molecular flexibility index (Phi) is 5.40. The van der Waals surface area contributed by atoms with Gasteiger partial charge in [0.05, 0.1) is 5.02 Å². The molecule has 0 aromatic heterocycles. The van der Waals surface area contributed by atoms with Crippen molar-refractivity contribution < 1.29 is 19.0 Å². The molecule has 0 fully saturated rings. The molecule has 0 unspecified atom stereocenters. The molecular weight excluding hydrogens is 258 g/mol. The van der Waals surface area contributed by atoms with E-state index in [2.05, 4.69) is 0 Å². The Hall–Kier alpha value is -1.30. The van der Waals surface area contributed by atoms with Crippen molar-refractivity contribution in [3.8, 4) is 0 Å². The number of hydrogen-bond donors (Lipinski definition) is 1. The zero-order valence-electron chi connectivity index (χ0n) is 10.3. The highest BCUT2D eigenvalue weighted by Gasteiger charge is 2.37. The highest BCUT2D eigenvalue weighted by atomic mass is 35.5. The van der Waals surface area contributed by atoms with E-state index in [-0.39, 0.29) is 6.79 Å². The SMILES string of the molecule is CC[C@](OCOC)(OC(N)=O)c1ccccc1Cl. The summed E-state index contributed by atoms with van der Waals surface area (Å²) in [5.74, 6) is -1.33. The standard InChI is InChI=1S/C12H16ClNO4/c1-3-12(17-8-16-2,18-11(14)15)9-6-4-5-7-10(9)13/h4-7H,3,8H2,1-2H3,(H2,14,15)/t12-/m0/s1. The van der Waals surface area contributed by atoms with Crippen molar-refractivity contribution in [2.45, 2.75) is 19.1 Å². The van der Waals surface area contributed by atoms with Gasteiger partial charge >= 0.3 is 6.09 Å². The third-order valence-electron chi connectivity index (χ3n) is 2.43. The summed E-state index contributed by atoms with van der Waals surface area (Å²) in [7, 11) is 1.47. The van der Waals surface area contributed by atoms with Crippen molar-refractivity contribution in [3.63, 3.8) is 0 Å². The first-order valence-electron chi connectivity index (χ1n) is 5.42. The lowest BCUT2D eigenvalue weighted by atomic mass is 10.0. The second kappa shape index (κ2) is 6.58. The second-order valence-electron chi connectivity index (χ2n) is 3.56. The third-order valence-corrected chi connectivity index (χ3v) is 2.75. The van der Waals surface area contributed by atoms with Gasteiger partial charge in [-0.25, -0.2) is 4.79 Å². The number of amides is 1. The fourth-order valence-corrected chi connectivity index (χ4v) is 1.89. The molecule has 5 nitrogen and oxygen atoms in total. The van der Waals surface area contributed by atoms with Gasteiger partial charge in [-0.3, -0.25) is 0 Å². The van der Waals surface area contributed by atoms with Crippen molar-refractivity contribution in [3.05, 3.63) is 34.9 Å². The quantitative estimate of drug-likeness (QED) is 0.809. The molecule has 0 bridgehead atoms. The van der Waals surface area contributed by atoms with E-state index in [1.54, 1.807) is 31.2 Å². The van der Waals surface area contributed by atoms with E-state index in [9.17, 15) is 4.79 Å². The normalized spacial score (nSPS) is 13.9. The van der Waals surface area contributed by atoms with Crippen molar-refractivity contribution in [1.82, 2.24) is 0 Å². The number of hydrogen-bond acceptors (Lipinski definition) is 4. The largest absolute Gasteiger partial charge is 0.412 e. The molecule has 0 saturated heterocycles. The molecule has 1 aromatic rings. The van der Waals surface area contributed by atoms with Gasteiger partial charge in [-0.2, -0.15) is 0 Å². The van der Waals surface area contributed by atoms with Crippen LogP contribution in [-0.2, 0) is 20.0 Å². The van der Waals surface area contributed by atoms with Crippen LogP contribution in [0.15, 0.2) is 24.3 Å². The number of nitrogens with two attached hydrogens (primary N) is 1. The number of benzene rings is 1. The molecule has 0 aliphatic rings. The minimum absolute atomic E-state index is 0.0493. The van der Waals surface area contributed by atoms with Crippen LogP contribution in [-0.4, -0.2) is 20.0 Å². The molecule has 0 heterocycles. The average molecular weight is 274 g/mol. The first-order chi connectivity index (χ1) is 8.55. The summed E-state index contributed by atoms with van der Waals surface area (Å²) in [5.41, 5.74) is 5.62. The van der Waals surface area contributed by atoms with Crippen LogP contribution in [0.2, 0.25) is 5.02 Å². The molecule has 0 aliphatic carbocycles. The van der Waals surface area contributed by atoms with Gasteiger partial charge in [0.15, 0.2) is 6.79 Å². The fourth-order valence-electron chi connectivity index (χ4n) is 1.61. The molecule has 1 rings (SSSR count). The topological polar surface area (TPSA) is 70.8 Å². The minimum atomic E-state index is -1.33. The summed E-state index contributed by atoms with van der Waals surface area (Å²) in [4.78, 5) is 11.1. The predicted octanol–water partition coefficient (Wildman–Crippen LogP) is 2.62. The summed E-state index contributed by atoms with van der Waals surface area (Å²) in [6, 6.07) is 6.94. The number of primary amides is 1. The molecule has 0 spiro atoms. The number of carbonyl (C=O) groups is 1. The van der Waals surface area contributed by atoms with Crippen LogP contribution < -0.4 is 5.73 Å². The average Bonchev–Trinajstić information content (AvgIpc) is 2.35. The number of carbonyl (C=O) groups excluding carboxylic acids is 1. The van der Waals surface area contributed by atoms with Gasteiger partial charge in [-0.15, -0.1) is 0 Å². The maximum absolute atomic E-state index is 11.1. The summed E-state index contributed by atoms with van der Waals surface area (Å²) in [6.45, 7) is 1.74. The fraction of sp³-hybridized carbons (Fsp3) is 0.417. The van der Waals surface area contributed by atoms with Crippen LogP contribution in [0.5, 0.6) is 0 Å². The molecule has 1 aromatic carbocycles. The van der Waals surface area contributed by atoms with Crippen LogP contribution >= 0.6 is 11.6 Å². The molecule has 2 N–H and O–H groups in total. The number of rotatable bonds is 6. The Bertz CT molecular complexity index is 413. The molecule has 0 aliphatic heterocycles. The van der Waals surface area contributed by atoms with E-state index in [1.165, 1.54) is 7.11 Å². The Morgan fingerprint density at radius 3 is 2.61 bits per heavy atom. The zero-order chi connectivity index (χ0) is 13.6. The smallest absolute Gasteiger partial charge is 0.407 e. The van der Waals surface area contributed by atoms with Gasteiger partial charge in [0.25, 0.3) is 0 Å². The van der Waals surface area contributed by atoms with E-state index in [0.29, 0.717) is 17.0 Å². The molecule has 6 heteroatoms. The summed E-state index contributed by atoms with van der Waals surface area (Å²) < 4.78 is 15.4. The molecule has 18 heavy (non-hydrogen) atoms. The van der Waals surface area contributed by atoms with Crippen LogP contribution in [0.1, 0.15) is 18.9 Å². The Balaban J connectivity index is 3.16. The monoisotopic (exact) mass is 273 g/mol. The van der Waals surface area contributed by atoms with E-state index >= 15 is 0 Å². The lowest BCUT2D eigenvalue weighted by molar-refractivity contribution is -0.249. The highest BCUT2D eigenvalue weighted by Crippen LogP contribution is 2.35. The Morgan fingerprint density at radius 1 is 1.44 bits per heavy atom. The van der Waals surface area contributed by atoms with E-state index < -0.39 is 11.9 Å². The second-order valence-corrected chi connectivity index (χ2v) is 3.97. The van der Waals surface area contributed by atoms with Gasteiger partial charge in [0.2, 0.25) is 5.79 Å². The van der Waals surface area contributed by atoms with Crippen molar-refractivity contribution in [2.75, 3.05) is 13.9 Å². The predicted molar refractivity (Wildman–Crippen MR) is 67.1 cm³/mol. The number of methoxy groups -OCH3 is 1. The minimum Gasteiger partial charge on any atom is -0.412 e. The molecule has 0 saturated carbocycles. The van der Waals surface area contributed by atoms with Crippen LogP contribution in [0.3, 0.4) is 0 Å². The first kappa shape index (κ1) is 14.8. The zero-order valence-corrected chi connectivity index (χ0v) is 11.1. The van der Waals surface area contributed by atoms with Crippen molar-refractivity contribution in [1.29, 1.82) is 0 Å². The van der Waals surface area contributed by atoms with Gasteiger partial charge in [0.1, 0.15) is 0 Å². The Labute approximate surface area is 111 Å². The van der Waals surface area contributed by atoms with E-state index in [0.717, 1.165) is 0 Å². The van der Waals surface area contributed by atoms with Gasteiger partial charge < -0.3 is 19.9 Å². The lowest BCUT2D eigenvalue weighted by Crippen LogP contribution is -2.37. The van der Waals surface area contributed by atoms with Crippen LogP contribution in [0.25, 0.3) is 0 Å². The maximum Gasteiger partial charge on any atom is 0.407 e. The number of halogens is 1. The molecule has 0 radical (unpaired) electrons. The molecule has 100 valence electrons. The van der Waals surface area contributed by atoms with Crippen molar-refractivity contribution >= 4 is 17.7 Å². The highest BCUT2D eigenvalue weighted by molar-refractivity contribution is 6.31. The summed E-state index contributed by atoms with van der Waals surface area (Å²) in [5, 5.41) is 0.428. The first-order valence-corrected chi connectivity index (χ1v) is 5.80. The van der Waals surface area contributed by atoms with E-state index in [4.69, 9.17) is 31.5 Å². The van der Waals surface area contributed by atoms with Crippen LogP contribution in [0, 0.1) is 0 Å². The molecule has 1 amide bonds. The molecular formula is C12H16ClNO4. The maximum atomic E-state index is 11.1. The molecule has 1 atom stereocenters. The number of ether oxygens (including phenoxy) is 3. The van der Waals surface area contributed by atoms with Crippen molar-refractivity contribution in [2.24, 2.45) is 5.73 Å².